The van der Waals surface area contributed by atoms with Crippen molar-refractivity contribution in [1.82, 2.24) is 4.31 Å². The number of hydrogen-bond donors (Lipinski definition) is 0. The molecule has 1 atom stereocenters. The van der Waals surface area contributed by atoms with E-state index in [0.29, 0.717) is 17.2 Å². The average Bonchev–Trinajstić information content (AvgIpc) is 3.10. The molecule has 1 fully saturated rings. The van der Waals surface area contributed by atoms with Gasteiger partial charge in [-0.3, -0.25) is 0 Å². The van der Waals surface area contributed by atoms with Gasteiger partial charge in [-0.25, -0.2) is 8.42 Å². The molecule has 1 aliphatic rings. The monoisotopic (exact) mass is 295 g/mol. The van der Waals surface area contributed by atoms with Gasteiger partial charge >= 0.3 is 0 Å². The largest absolute Gasteiger partial charge is 0.467 e. The molecule has 4 nitrogen and oxygen atoms in total. The first-order valence-corrected chi connectivity index (χ1v) is 8.40. The van der Waals surface area contributed by atoms with Crippen molar-refractivity contribution in [2.45, 2.75) is 10.3 Å². The summed E-state index contributed by atoms with van der Waals surface area (Å²) in [5.74, 6) is 1.46. The molecule has 0 N–H and O–H groups in total. The topological polar surface area (TPSA) is 50.5 Å². The number of rotatable bonds is 3. The Hall–Kier alpha value is -1.24. The van der Waals surface area contributed by atoms with Gasteiger partial charge in [-0.2, -0.15) is 4.31 Å². The molecule has 6 heteroatoms. The molecule has 1 aromatic heterocycles. The smallest absolute Gasteiger partial charge is 0.244 e. The van der Waals surface area contributed by atoms with E-state index in [4.69, 9.17) is 4.42 Å². The zero-order valence-corrected chi connectivity index (χ0v) is 11.7. The molecular formula is C13H13NO3S2. The van der Waals surface area contributed by atoms with Crippen molar-refractivity contribution >= 4 is 21.8 Å². The molecule has 0 radical (unpaired) electrons. The number of nitrogens with zero attached hydrogens (tertiary/aromatic N) is 1. The SMILES string of the molecule is O=S(=O)(c1ccccc1)N1CCS[C@H]1c1ccco1. The summed E-state index contributed by atoms with van der Waals surface area (Å²) in [5.41, 5.74) is 0. The van der Waals surface area contributed by atoms with Gasteiger partial charge < -0.3 is 4.42 Å². The number of furan rings is 1. The Kier molecular flexibility index (Phi) is 3.38. The molecule has 19 heavy (non-hydrogen) atoms. The van der Waals surface area contributed by atoms with Crippen molar-refractivity contribution in [1.29, 1.82) is 0 Å². The van der Waals surface area contributed by atoms with Gasteiger partial charge in [0, 0.05) is 12.3 Å². The van der Waals surface area contributed by atoms with Crippen LogP contribution in [0.3, 0.4) is 0 Å². The van der Waals surface area contributed by atoms with Gasteiger partial charge in [-0.1, -0.05) is 18.2 Å². The van der Waals surface area contributed by atoms with Crippen molar-refractivity contribution in [2.75, 3.05) is 12.3 Å². The maximum atomic E-state index is 12.6. The summed E-state index contributed by atoms with van der Waals surface area (Å²) in [6.45, 7) is 0.507. The van der Waals surface area contributed by atoms with Crippen LogP contribution in [0.25, 0.3) is 0 Å². The summed E-state index contributed by atoms with van der Waals surface area (Å²) in [4.78, 5) is 0.328. The van der Waals surface area contributed by atoms with Crippen molar-refractivity contribution < 1.29 is 12.8 Å². The van der Waals surface area contributed by atoms with Crippen LogP contribution in [-0.4, -0.2) is 25.0 Å². The standard InChI is InChI=1S/C13H13NO3S2/c15-19(16,11-5-2-1-3-6-11)14-8-10-18-13(14)12-7-4-9-17-12/h1-7,9,13H,8,10H2/t13-/m0/s1. The Bertz CT molecular complexity index is 638. The molecule has 100 valence electrons. The highest BCUT2D eigenvalue weighted by Gasteiger charge is 2.38. The van der Waals surface area contributed by atoms with Crippen LogP contribution in [0.15, 0.2) is 58.0 Å². The average molecular weight is 295 g/mol. The third kappa shape index (κ3) is 2.31. The van der Waals surface area contributed by atoms with Crippen molar-refractivity contribution in [3.8, 4) is 0 Å². The van der Waals surface area contributed by atoms with Gasteiger partial charge in [-0.15, -0.1) is 11.8 Å². The van der Waals surface area contributed by atoms with Crippen molar-refractivity contribution in [3.05, 3.63) is 54.5 Å². The maximum Gasteiger partial charge on any atom is 0.244 e. The van der Waals surface area contributed by atoms with E-state index >= 15 is 0 Å². The van der Waals surface area contributed by atoms with Gasteiger partial charge in [0.1, 0.15) is 11.1 Å². The summed E-state index contributed by atoms with van der Waals surface area (Å²) in [6.07, 6.45) is 1.57. The normalized spacial score (nSPS) is 20.7. The van der Waals surface area contributed by atoms with Crippen molar-refractivity contribution in [2.24, 2.45) is 0 Å². The van der Waals surface area contributed by atoms with E-state index in [1.165, 1.54) is 4.31 Å². The van der Waals surface area contributed by atoms with E-state index in [0.717, 1.165) is 5.75 Å². The quantitative estimate of drug-likeness (QED) is 0.873. The highest BCUT2D eigenvalue weighted by atomic mass is 32.2. The molecule has 0 spiro atoms. The molecule has 1 aromatic carbocycles. The van der Waals surface area contributed by atoms with Gasteiger partial charge in [0.05, 0.1) is 11.2 Å². The Morgan fingerprint density at radius 1 is 1.16 bits per heavy atom. The fraction of sp³-hybridized carbons (Fsp3) is 0.231. The van der Waals surface area contributed by atoms with Gasteiger partial charge in [-0.05, 0) is 24.3 Å². The fourth-order valence-electron chi connectivity index (χ4n) is 2.08. The maximum absolute atomic E-state index is 12.6. The van der Waals surface area contributed by atoms with Crippen LogP contribution < -0.4 is 0 Å². The van der Waals surface area contributed by atoms with E-state index in [2.05, 4.69) is 0 Å². The lowest BCUT2D eigenvalue weighted by molar-refractivity contribution is 0.383. The lowest BCUT2D eigenvalue weighted by atomic mass is 10.4. The lowest BCUT2D eigenvalue weighted by Crippen LogP contribution is -2.30. The molecule has 0 aliphatic carbocycles. The van der Waals surface area contributed by atoms with Gasteiger partial charge in [0.25, 0.3) is 0 Å². The van der Waals surface area contributed by atoms with Crippen LogP contribution in [-0.2, 0) is 10.0 Å². The van der Waals surface area contributed by atoms with E-state index in [1.54, 1.807) is 48.4 Å². The molecule has 2 aromatic rings. The van der Waals surface area contributed by atoms with Crippen LogP contribution in [0.1, 0.15) is 11.1 Å². The minimum absolute atomic E-state index is 0.264. The molecular weight excluding hydrogens is 282 g/mol. The van der Waals surface area contributed by atoms with E-state index in [1.807, 2.05) is 12.1 Å². The molecule has 1 aliphatic heterocycles. The van der Waals surface area contributed by atoms with E-state index in [-0.39, 0.29) is 5.37 Å². The molecule has 0 bridgehead atoms. The van der Waals surface area contributed by atoms with Gasteiger partial charge in [0.2, 0.25) is 10.0 Å². The Morgan fingerprint density at radius 2 is 1.95 bits per heavy atom. The number of hydrogen-bond acceptors (Lipinski definition) is 4. The molecule has 0 saturated carbocycles. The summed E-state index contributed by atoms with van der Waals surface area (Å²) in [5, 5.41) is -0.264. The molecule has 0 amide bonds. The van der Waals surface area contributed by atoms with E-state index in [9.17, 15) is 8.42 Å². The van der Waals surface area contributed by atoms with Crippen molar-refractivity contribution in [3.63, 3.8) is 0 Å². The highest BCUT2D eigenvalue weighted by molar-refractivity contribution is 8.00. The zero-order valence-electron chi connectivity index (χ0n) is 10.1. The summed E-state index contributed by atoms with van der Waals surface area (Å²) >= 11 is 1.58. The summed E-state index contributed by atoms with van der Waals surface area (Å²) in [7, 11) is -3.46. The number of sulfonamides is 1. The predicted molar refractivity (Wildman–Crippen MR) is 74.2 cm³/mol. The second-order valence-electron chi connectivity index (χ2n) is 4.17. The third-order valence-electron chi connectivity index (χ3n) is 2.99. The lowest BCUT2D eigenvalue weighted by Gasteiger charge is -2.21. The van der Waals surface area contributed by atoms with Crippen LogP contribution in [0.5, 0.6) is 0 Å². The second-order valence-corrected chi connectivity index (χ2v) is 7.25. The predicted octanol–water partition coefficient (Wildman–Crippen LogP) is 2.72. The fourth-order valence-corrected chi connectivity index (χ4v) is 5.28. The van der Waals surface area contributed by atoms with Crippen LogP contribution >= 0.6 is 11.8 Å². The highest BCUT2D eigenvalue weighted by Crippen LogP contribution is 2.41. The van der Waals surface area contributed by atoms with E-state index < -0.39 is 10.0 Å². The Labute approximate surface area is 116 Å². The zero-order chi connectivity index (χ0) is 13.3. The summed E-state index contributed by atoms with van der Waals surface area (Å²) < 4.78 is 32.1. The van der Waals surface area contributed by atoms with Crippen LogP contribution in [0.2, 0.25) is 0 Å². The minimum Gasteiger partial charge on any atom is -0.467 e. The first kappa shape index (κ1) is 12.8. The first-order valence-electron chi connectivity index (χ1n) is 5.91. The third-order valence-corrected chi connectivity index (χ3v) is 6.22. The molecule has 1 saturated heterocycles. The second kappa shape index (κ2) is 5.03. The first-order chi connectivity index (χ1) is 9.19. The molecule has 3 rings (SSSR count). The number of thioether (sulfide) groups is 1. The van der Waals surface area contributed by atoms with Crippen LogP contribution in [0, 0.1) is 0 Å². The number of benzene rings is 1. The minimum atomic E-state index is -3.46. The Morgan fingerprint density at radius 3 is 2.63 bits per heavy atom. The van der Waals surface area contributed by atoms with Gasteiger partial charge in [0.15, 0.2) is 0 Å². The molecule has 2 heterocycles. The van der Waals surface area contributed by atoms with Crippen LogP contribution in [0.4, 0.5) is 0 Å². The Balaban J connectivity index is 1.97. The summed E-state index contributed by atoms with van der Waals surface area (Å²) in [6, 6.07) is 12.1. The molecule has 0 unspecified atom stereocenters.